The van der Waals surface area contributed by atoms with Crippen molar-refractivity contribution in [3.63, 3.8) is 0 Å². The van der Waals surface area contributed by atoms with E-state index in [0.717, 1.165) is 35.2 Å². The van der Waals surface area contributed by atoms with Crippen molar-refractivity contribution in [2.75, 3.05) is 37.7 Å². The van der Waals surface area contributed by atoms with Gasteiger partial charge < -0.3 is 9.64 Å². The van der Waals surface area contributed by atoms with Gasteiger partial charge in [-0.1, -0.05) is 13.0 Å². The molecule has 0 aliphatic carbocycles. The first kappa shape index (κ1) is 17.1. The van der Waals surface area contributed by atoms with Crippen LogP contribution in [-0.4, -0.2) is 42.6 Å². The van der Waals surface area contributed by atoms with Crippen LogP contribution in [0.1, 0.15) is 13.3 Å². The van der Waals surface area contributed by atoms with Gasteiger partial charge in [-0.3, -0.25) is 15.1 Å². The van der Waals surface area contributed by atoms with Gasteiger partial charge in [0.1, 0.15) is 11.3 Å². The second-order valence-corrected chi connectivity index (χ2v) is 6.62. The van der Waals surface area contributed by atoms with E-state index in [1.165, 1.54) is 7.11 Å². The van der Waals surface area contributed by atoms with E-state index in [9.17, 15) is 10.1 Å². The van der Waals surface area contributed by atoms with Crippen molar-refractivity contribution in [3.8, 4) is 17.0 Å². The molecular weight excluding hydrogens is 346 g/mol. The van der Waals surface area contributed by atoms with Crippen molar-refractivity contribution in [3.05, 3.63) is 40.4 Å². The number of nitro benzene ring substituents is 1. The lowest BCUT2D eigenvalue weighted by Gasteiger charge is -2.27. The minimum Gasteiger partial charge on any atom is -0.490 e. The van der Waals surface area contributed by atoms with E-state index in [0.29, 0.717) is 11.3 Å². The molecule has 1 aliphatic rings. The highest BCUT2D eigenvalue weighted by Gasteiger charge is 2.35. The molecular formula is C19H21N5O3. The number of hydrogen-bond donors (Lipinski definition) is 0. The van der Waals surface area contributed by atoms with Crippen LogP contribution in [0.3, 0.4) is 0 Å². The third kappa shape index (κ3) is 2.33. The number of nitrogens with zero attached hydrogens (tertiary/aromatic N) is 5. The summed E-state index contributed by atoms with van der Waals surface area (Å²) in [6.07, 6.45) is 0.970. The molecule has 0 bridgehead atoms. The number of nitro groups is 1. The van der Waals surface area contributed by atoms with Crippen molar-refractivity contribution in [1.82, 2.24) is 9.89 Å². The first-order valence-corrected chi connectivity index (χ1v) is 8.82. The molecule has 0 radical (unpaired) electrons. The molecule has 27 heavy (non-hydrogen) atoms. The van der Waals surface area contributed by atoms with Gasteiger partial charge in [-0.05, 0) is 30.7 Å². The molecule has 4 rings (SSSR count). The minimum atomic E-state index is -0.389. The number of methoxy groups -OCH3 is 1. The Hall–Kier alpha value is -3.29. The topological polar surface area (TPSA) is 76.7 Å². The normalized spacial score (nSPS) is 12.2. The number of hydrogen-bond acceptors (Lipinski definition) is 6. The summed E-state index contributed by atoms with van der Waals surface area (Å²) < 4.78 is 5.28. The molecule has 8 nitrogen and oxygen atoms in total. The molecule has 0 spiro atoms. The number of fused-ring (bicyclic) bond motifs is 2. The standard InChI is InChI=1S/C19H21N5O3/c1-5-11-21(2)23-14-8-6-7-12-16(14)18(20-23)17-13(22(12)3)9-10-15(27-4)19(17)24(25)26/h6-10H,5,11H2,1-4H3. The molecule has 8 heteroatoms. The van der Waals surface area contributed by atoms with Gasteiger partial charge in [-0.25, -0.2) is 0 Å². The van der Waals surface area contributed by atoms with E-state index in [1.807, 2.05) is 53.1 Å². The average molecular weight is 367 g/mol. The fraction of sp³-hybridized carbons (Fsp3) is 0.316. The van der Waals surface area contributed by atoms with Gasteiger partial charge in [-0.2, -0.15) is 9.89 Å². The SMILES string of the molecule is CCCN(C)n1nc2c3c(cccc31)N(C)c1ccc(OC)c([N+](=O)[O-])c1-2. The molecule has 0 atom stereocenters. The summed E-state index contributed by atoms with van der Waals surface area (Å²) in [6.45, 7) is 2.93. The Kier molecular flexibility index (Phi) is 3.91. The van der Waals surface area contributed by atoms with Crippen LogP contribution in [0.4, 0.5) is 17.1 Å². The minimum absolute atomic E-state index is 0.0546. The molecule has 0 fully saturated rings. The van der Waals surface area contributed by atoms with Crippen molar-refractivity contribution in [1.29, 1.82) is 0 Å². The van der Waals surface area contributed by atoms with Gasteiger partial charge in [-0.15, -0.1) is 0 Å². The smallest absolute Gasteiger partial charge is 0.322 e. The summed E-state index contributed by atoms with van der Waals surface area (Å²) >= 11 is 0. The number of anilines is 2. The summed E-state index contributed by atoms with van der Waals surface area (Å²) in [4.78, 5) is 15.3. The Balaban J connectivity index is 2.12. The summed E-state index contributed by atoms with van der Waals surface area (Å²) in [5, 5.41) is 19.6. The zero-order chi connectivity index (χ0) is 19.3. The number of aromatic nitrogens is 2. The Morgan fingerprint density at radius 3 is 2.70 bits per heavy atom. The van der Waals surface area contributed by atoms with E-state index < -0.39 is 0 Å². The van der Waals surface area contributed by atoms with Crippen LogP contribution in [-0.2, 0) is 0 Å². The van der Waals surface area contributed by atoms with Crippen LogP contribution in [0.15, 0.2) is 30.3 Å². The van der Waals surface area contributed by atoms with E-state index in [1.54, 1.807) is 6.07 Å². The van der Waals surface area contributed by atoms with Crippen LogP contribution in [0.2, 0.25) is 0 Å². The average Bonchev–Trinajstić information content (AvgIpc) is 3.05. The van der Waals surface area contributed by atoms with Gasteiger partial charge in [0.15, 0.2) is 5.75 Å². The Bertz CT molecular complexity index is 1060. The van der Waals surface area contributed by atoms with E-state index in [4.69, 9.17) is 9.84 Å². The quantitative estimate of drug-likeness (QED) is 0.506. The van der Waals surface area contributed by atoms with E-state index in [2.05, 4.69) is 6.92 Å². The van der Waals surface area contributed by atoms with Gasteiger partial charge in [0.25, 0.3) is 0 Å². The van der Waals surface area contributed by atoms with Crippen molar-refractivity contribution in [2.24, 2.45) is 0 Å². The van der Waals surface area contributed by atoms with Crippen LogP contribution in [0.5, 0.6) is 5.75 Å². The van der Waals surface area contributed by atoms with E-state index >= 15 is 0 Å². The van der Waals surface area contributed by atoms with Gasteiger partial charge in [0.2, 0.25) is 0 Å². The maximum Gasteiger partial charge on any atom is 0.322 e. The summed E-state index contributed by atoms with van der Waals surface area (Å²) in [5.74, 6) is 0.233. The summed E-state index contributed by atoms with van der Waals surface area (Å²) in [7, 11) is 5.33. The molecule has 140 valence electrons. The second-order valence-electron chi connectivity index (χ2n) is 6.62. The Morgan fingerprint density at radius 1 is 1.26 bits per heavy atom. The number of ether oxygens (including phenoxy) is 1. The van der Waals surface area contributed by atoms with Crippen molar-refractivity contribution >= 4 is 28.0 Å². The second kappa shape index (κ2) is 6.15. The maximum atomic E-state index is 11.9. The van der Waals surface area contributed by atoms with Gasteiger partial charge in [0, 0.05) is 20.6 Å². The largest absolute Gasteiger partial charge is 0.490 e. The highest BCUT2D eigenvalue weighted by atomic mass is 16.6. The lowest BCUT2D eigenvalue weighted by atomic mass is 9.97. The first-order valence-electron chi connectivity index (χ1n) is 8.82. The third-order valence-electron chi connectivity index (χ3n) is 5.02. The molecule has 0 N–H and O–H groups in total. The van der Waals surface area contributed by atoms with Crippen molar-refractivity contribution < 1.29 is 9.66 Å². The first-order chi connectivity index (χ1) is 13.0. The van der Waals surface area contributed by atoms with Crippen LogP contribution in [0, 0.1) is 10.1 Å². The lowest BCUT2D eigenvalue weighted by molar-refractivity contribution is -0.385. The molecule has 3 aromatic rings. The predicted octanol–water partition coefficient (Wildman–Crippen LogP) is 3.68. The monoisotopic (exact) mass is 367 g/mol. The zero-order valence-electron chi connectivity index (χ0n) is 15.8. The summed E-state index contributed by atoms with van der Waals surface area (Å²) in [6, 6.07) is 9.47. The third-order valence-corrected chi connectivity index (χ3v) is 5.02. The van der Waals surface area contributed by atoms with Crippen molar-refractivity contribution in [2.45, 2.75) is 13.3 Å². The zero-order valence-corrected chi connectivity index (χ0v) is 15.8. The molecule has 0 amide bonds. The molecule has 2 aromatic carbocycles. The molecule has 2 heterocycles. The fourth-order valence-corrected chi connectivity index (χ4v) is 3.82. The van der Waals surface area contributed by atoms with Crippen LogP contribution in [0.25, 0.3) is 22.2 Å². The van der Waals surface area contributed by atoms with Crippen LogP contribution < -0.4 is 14.6 Å². The predicted molar refractivity (Wildman–Crippen MR) is 106 cm³/mol. The molecule has 0 unspecified atom stereocenters. The molecule has 0 saturated heterocycles. The maximum absolute atomic E-state index is 11.9. The van der Waals surface area contributed by atoms with E-state index in [-0.39, 0.29) is 16.4 Å². The highest BCUT2D eigenvalue weighted by Crippen LogP contribution is 2.52. The fourth-order valence-electron chi connectivity index (χ4n) is 3.82. The molecule has 1 aromatic heterocycles. The molecule has 1 aliphatic heterocycles. The Morgan fingerprint density at radius 2 is 2.04 bits per heavy atom. The number of benzene rings is 2. The highest BCUT2D eigenvalue weighted by molar-refractivity contribution is 6.12. The van der Waals surface area contributed by atoms with Gasteiger partial charge >= 0.3 is 5.69 Å². The molecule has 0 saturated carbocycles. The summed E-state index contributed by atoms with van der Waals surface area (Å²) in [5.41, 5.74) is 3.70. The van der Waals surface area contributed by atoms with Gasteiger partial charge in [0.05, 0.1) is 34.3 Å². The lowest BCUT2D eigenvalue weighted by Crippen LogP contribution is -2.31. The Labute approximate surface area is 156 Å². The number of rotatable bonds is 5. The van der Waals surface area contributed by atoms with Crippen LogP contribution >= 0.6 is 0 Å².